The summed E-state index contributed by atoms with van der Waals surface area (Å²) in [6.07, 6.45) is -1.59. The van der Waals surface area contributed by atoms with Gasteiger partial charge in [-0.3, -0.25) is 43.3 Å². The van der Waals surface area contributed by atoms with Crippen LogP contribution in [-0.2, 0) is 57.6 Å². The van der Waals surface area contributed by atoms with Gasteiger partial charge in [-0.15, -0.1) is 0 Å². The third kappa shape index (κ3) is 18.3. The van der Waals surface area contributed by atoms with Gasteiger partial charge in [0.2, 0.25) is 47.3 Å². The third-order valence-electron chi connectivity index (χ3n) is 12.5. The molecule has 1 aliphatic rings. The van der Waals surface area contributed by atoms with Gasteiger partial charge in [0, 0.05) is 50.6 Å². The van der Waals surface area contributed by atoms with Crippen LogP contribution in [0.5, 0.6) is 0 Å². The van der Waals surface area contributed by atoms with Crippen molar-refractivity contribution in [3.05, 3.63) is 105 Å². The highest BCUT2D eigenvalue weighted by Gasteiger charge is 2.43. The third-order valence-corrected chi connectivity index (χ3v) is 16.5. The van der Waals surface area contributed by atoms with Crippen LogP contribution in [-0.4, -0.2) is 146 Å². The molecule has 0 unspecified atom stereocenters. The van der Waals surface area contributed by atoms with E-state index >= 15 is 0 Å². The molecule has 2 heterocycles. The zero-order chi connectivity index (χ0) is 56.6. The standard InChI is InChI=1S/C51H68IN13O10S2/c1-26(66)39(42(54)68)63-49(75)41-51(3,4)77-76-25-38(62-43(69)33(53)21-28-11-6-5-7-12-28)47(73)60-36(22-29-16-18-31(52)19-17-29)45(71)61-37(23-30-24-58-34-14-9-8-13-32(30)34)46(72)59-35(15-10-20-57-50(55)56)44(70)64-40(27(2)67)48(74)65-41/h5-9,11-14,16-19,24,26-27,33,35-41,58,66-67H,10,15,20-23,25,53H2,1-4H3,(H2,54,68)(H,59,72)(H,60,73)(H,61,71)(H,62,69)(H,63,75)(H,64,70)(H,65,74)(H4,55,56,57)/t26-,27-,33-,35+,36+,37-,38+,39+,40+,41-/m1/s1. The first-order chi connectivity index (χ1) is 36.4. The number of H-pyrrole nitrogens is 1. The van der Waals surface area contributed by atoms with Gasteiger partial charge >= 0.3 is 0 Å². The number of carbonyl (C=O) groups excluding carboxylic acids is 8. The molecule has 0 radical (unpaired) electrons. The number of aliphatic imine (C=N–C) groups is 1. The lowest BCUT2D eigenvalue weighted by Crippen LogP contribution is -2.65. The van der Waals surface area contributed by atoms with Gasteiger partial charge in [-0.05, 0) is 104 Å². The Kier molecular flexibility index (Phi) is 22.9. The molecule has 8 amide bonds. The molecule has 0 spiro atoms. The first-order valence-electron chi connectivity index (χ1n) is 24.7. The van der Waals surface area contributed by atoms with Crippen LogP contribution < -0.4 is 60.2 Å². The molecule has 1 aliphatic heterocycles. The second-order valence-corrected chi connectivity index (χ2v) is 23.4. The van der Waals surface area contributed by atoms with Crippen LogP contribution in [0.3, 0.4) is 0 Å². The Morgan fingerprint density at radius 2 is 1.39 bits per heavy atom. The largest absolute Gasteiger partial charge is 0.391 e. The first kappa shape index (κ1) is 61.4. The molecule has 416 valence electrons. The average molecular weight is 1210 g/mol. The zero-order valence-corrected chi connectivity index (χ0v) is 46.7. The van der Waals surface area contributed by atoms with Crippen molar-refractivity contribution in [2.45, 2.75) is 125 Å². The summed E-state index contributed by atoms with van der Waals surface area (Å²) in [5.41, 5.74) is 25.8. The predicted molar refractivity (Wildman–Crippen MR) is 303 cm³/mol. The van der Waals surface area contributed by atoms with Gasteiger partial charge in [0.25, 0.3) is 0 Å². The van der Waals surface area contributed by atoms with E-state index < -0.39 is 113 Å². The summed E-state index contributed by atoms with van der Waals surface area (Å²) in [5, 5.41) is 40.8. The zero-order valence-electron chi connectivity index (χ0n) is 42.9. The summed E-state index contributed by atoms with van der Waals surface area (Å²) in [7, 11) is 1.97. The molecule has 23 nitrogen and oxygen atoms in total. The van der Waals surface area contributed by atoms with E-state index in [4.69, 9.17) is 22.9 Å². The summed E-state index contributed by atoms with van der Waals surface area (Å²) in [6, 6.07) is 11.5. The fourth-order valence-corrected chi connectivity index (χ4v) is 11.4. The molecule has 18 N–H and O–H groups in total. The van der Waals surface area contributed by atoms with Crippen molar-refractivity contribution in [3.63, 3.8) is 0 Å². The van der Waals surface area contributed by atoms with Gasteiger partial charge < -0.3 is 75.3 Å². The average Bonchev–Trinajstić information content (AvgIpc) is 3.79. The molecule has 1 saturated heterocycles. The Balaban J connectivity index is 1.64. The second kappa shape index (κ2) is 28.8. The lowest BCUT2D eigenvalue weighted by atomic mass is 9.99. The molecule has 0 bridgehead atoms. The number of nitrogens with two attached hydrogens (primary N) is 4. The Hall–Kier alpha value is -6.46. The number of hydrogen-bond donors (Lipinski definition) is 14. The molecule has 10 atom stereocenters. The van der Waals surface area contributed by atoms with E-state index in [1.54, 1.807) is 62.5 Å². The summed E-state index contributed by atoms with van der Waals surface area (Å²) < 4.78 is -0.534. The van der Waals surface area contributed by atoms with E-state index in [0.29, 0.717) is 11.1 Å². The molecule has 1 fully saturated rings. The van der Waals surface area contributed by atoms with Gasteiger partial charge in [0.05, 0.1) is 18.2 Å². The van der Waals surface area contributed by atoms with Gasteiger partial charge in [-0.25, -0.2) is 0 Å². The number of carbonyl (C=O) groups is 8. The molecule has 0 saturated carbocycles. The quantitative estimate of drug-likeness (QED) is 0.0198. The number of halogens is 1. The fraction of sp³-hybridized carbons (Fsp3) is 0.431. The van der Waals surface area contributed by atoms with Crippen molar-refractivity contribution >= 4 is 108 Å². The van der Waals surface area contributed by atoms with Crippen LogP contribution >= 0.6 is 44.2 Å². The van der Waals surface area contributed by atoms with E-state index in [-0.39, 0.29) is 50.4 Å². The minimum atomic E-state index is -1.79. The van der Waals surface area contributed by atoms with E-state index in [1.165, 1.54) is 13.8 Å². The Morgan fingerprint density at radius 1 is 0.779 bits per heavy atom. The highest BCUT2D eigenvalue weighted by atomic mass is 127. The number of rotatable bonds is 17. The first-order valence-corrected chi connectivity index (χ1v) is 28.1. The topological polar surface area (TPSA) is 393 Å². The molecule has 4 aromatic rings. The summed E-state index contributed by atoms with van der Waals surface area (Å²) in [5.74, 6) is -7.80. The SMILES string of the molecule is C[C@@H](O)[C@H](NC(=O)[C@H]1NC(=O)[C@H]([C@@H](C)O)NC(=O)[C@H](CCCN=C(N)N)NC(=O)[C@@H](Cc2c[nH]c3ccccc23)NC(=O)[C@H](Cc2ccc(I)cc2)NC(=O)[C@@H](NC(=O)[C@H](N)Cc2ccccc2)CSSC1(C)C)C(N)=O. The number of aliphatic hydroxyl groups excluding tert-OH is 2. The van der Waals surface area contributed by atoms with Crippen LogP contribution in [0.25, 0.3) is 10.9 Å². The molecule has 0 aliphatic carbocycles. The normalized spacial score (nSPS) is 22.5. The molecule has 26 heteroatoms. The number of nitrogens with zero attached hydrogens (tertiary/aromatic N) is 1. The smallest absolute Gasteiger partial charge is 0.245 e. The molecular weight excluding hydrogens is 1150 g/mol. The number of guanidine groups is 1. The van der Waals surface area contributed by atoms with Gasteiger partial charge in [-0.1, -0.05) is 82.3 Å². The number of para-hydroxylation sites is 1. The molecule has 1 aromatic heterocycles. The predicted octanol–water partition coefficient (Wildman–Crippen LogP) is -1.00. The number of benzene rings is 3. The van der Waals surface area contributed by atoms with E-state index in [2.05, 4.69) is 69.8 Å². The minimum absolute atomic E-state index is 0.0123. The van der Waals surface area contributed by atoms with E-state index in [0.717, 1.165) is 41.6 Å². The van der Waals surface area contributed by atoms with Crippen molar-refractivity contribution < 1.29 is 48.6 Å². The van der Waals surface area contributed by atoms with Crippen molar-refractivity contribution in [2.24, 2.45) is 27.9 Å². The number of aromatic amines is 1. The Bertz CT molecular complexity index is 2740. The summed E-state index contributed by atoms with van der Waals surface area (Å²) in [4.78, 5) is 121. The van der Waals surface area contributed by atoms with Gasteiger partial charge in [0.15, 0.2) is 5.96 Å². The molecule has 5 rings (SSSR count). The number of nitrogens with one attached hydrogen (secondary N) is 8. The van der Waals surface area contributed by atoms with Gasteiger partial charge in [-0.2, -0.15) is 0 Å². The molecule has 77 heavy (non-hydrogen) atoms. The number of fused-ring (bicyclic) bond motifs is 1. The lowest BCUT2D eigenvalue weighted by Gasteiger charge is -2.36. The number of aliphatic hydroxyl groups is 2. The number of primary amides is 1. The second-order valence-electron chi connectivity index (χ2n) is 19.2. The number of aromatic nitrogens is 1. The van der Waals surface area contributed by atoms with E-state index in [1.807, 2.05) is 36.4 Å². The van der Waals surface area contributed by atoms with Crippen molar-refractivity contribution in [1.82, 2.24) is 42.2 Å². The van der Waals surface area contributed by atoms with Crippen LogP contribution in [0.1, 0.15) is 57.2 Å². The Labute approximate surface area is 467 Å². The summed E-state index contributed by atoms with van der Waals surface area (Å²) in [6.45, 7) is 5.52. The van der Waals surface area contributed by atoms with Gasteiger partial charge in [0.1, 0.15) is 42.3 Å². The Morgan fingerprint density at radius 3 is 2.03 bits per heavy atom. The van der Waals surface area contributed by atoms with Crippen LogP contribution in [0.2, 0.25) is 0 Å². The van der Waals surface area contributed by atoms with Crippen molar-refractivity contribution in [1.29, 1.82) is 0 Å². The number of amides is 8. The van der Waals surface area contributed by atoms with Crippen molar-refractivity contribution in [2.75, 3.05) is 12.3 Å². The maximum Gasteiger partial charge on any atom is 0.245 e. The van der Waals surface area contributed by atoms with Crippen LogP contribution in [0, 0.1) is 3.57 Å². The summed E-state index contributed by atoms with van der Waals surface area (Å²) >= 11 is 2.13. The molecular formula is C51H68IN13O10S2. The number of hydrogen-bond acceptors (Lipinski definition) is 14. The van der Waals surface area contributed by atoms with Crippen LogP contribution in [0.15, 0.2) is 90.1 Å². The maximum atomic E-state index is 14.9. The van der Waals surface area contributed by atoms with Crippen molar-refractivity contribution in [3.8, 4) is 0 Å². The minimum Gasteiger partial charge on any atom is -0.391 e. The molecule has 3 aromatic carbocycles. The highest BCUT2D eigenvalue weighted by molar-refractivity contribution is 14.1. The van der Waals surface area contributed by atoms with E-state index in [9.17, 15) is 48.6 Å². The lowest BCUT2D eigenvalue weighted by molar-refractivity contribution is -0.137. The highest BCUT2D eigenvalue weighted by Crippen LogP contribution is 2.39. The monoisotopic (exact) mass is 1210 g/mol. The van der Waals surface area contributed by atoms with Crippen LogP contribution in [0.4, 0.5) is 0 Å². The fourth-order valence-electron chi connectivity index (χ4n) is 8.22. The maximum absolute atomic E-state index is 14.9.